The number of aryl methyl sites for hydroxylation is 1. The molecule has 1 aromatic carbocycles. The van der Waals surface area contributed by atoms with Crippen LogP contribution in [-0.4, -0.2) is 19.5 Å². The molecule has 0 aliphatic carbocycles. The Morgan fingerprint density at radius 2 is 2.00 bits per heavy atom. The van der Waals surface area contributed by atoms with Gasteiger partial charge in [0.15, 0.2) is 11.1 Å². The van der Waals surface area contributed by atoms with Gasteiger partial charge in [0.2, 0.25) is 0 Å². The molecule has 0 amide bonds. The molecule has 3 aromatic rings. The lowest BCUT2D eigenvalue weighted by Crippen LogP contribution is -2.17. The van der Waals surface area contributed by atoms with Crippen LogP contribution >= 0.6 is 17.0 Å². The summed E-state index contributed by atoms with van der Waals surface area (Å²) in [6.07, 6.45) is 1.60. The van der Waals surface area contributed by atoms with E-state index >= 15 is 0 Å². The van der Waals surface area contributed by atoms with E-state index in [9.17, 15) is 0 Å². The first-order chi connectivity index (χ1) is 8.75. The van der Waals surface area contributed by atoms with Crippen molar-refractivity contribution in [3.63, 3.8) is 0 Å². The van der Waals surface area contributed by atoms with Gasteiger partial charge in [0.05, 0.1) is 12.9 Å². The summed E-state index contributed by atoms with van der Waals surface area (Å²) in [5, 5.41) is 7.80. The van der Waals surface area contributed by atoms with Crippen LogP contribution in [-0.2, 0) is 6.54 Å². The van der Waals surface area contributed by atoms with Crippen molar-refractivity contribution in [1.29, 1.82) is 5.41 Å². The second-order valence-electron chi connectivity index (χ2n) is 4.18. The fraction of sp³-hybridized carbons (Fsp3) is 0.154. The summed E-state index contributed by atoms with van der Waals surface area (Å²) in [7, 11) is 0. The standard InChI is InChI=1S/C13H13N5.BrH/c1-9-17-12(14)11-13(16-8-15-11)18(9)7-10-5-3-2-4-6-10;/h2-6,8,14H,7H2,1H3,(H,15,16);1H. The number of imidazole rings is 1. The summed E-state index contributed by atoms with van der Waals surface area (Å²) in [6, 6.07) is 10.2. The van der Waals surface area contributed by atoms with Gasteiger partial charge in [0, 0.05) is 0 Å². The van der Waals surface area contributed by atoms with Crippen molar-refractivity contribution in [2.75, 3.05) is 0 Å². The van der Waals surface area contributed by atoms with Crippen LogP contribution in [0.15, 0.2) is 36.7 Å². The van der Waals surface area contributed by atoms with Crippen LogP contribution in [0.3, 0.4) is 0 Å². The van der Waals surface area contributed by atoms with Gasteiger partial charge >= 0.3 is 0 Å². The molecule has 0 spiro atoms. The van der Waals surface area contributed by atoms with Crippen LogP contribution in [0.5, 0.6) is 0 Å². The average Bonchev–Trinajstić information content (AvgIpc) is 2.85. The fourth-order valence-electron chi connectivity index (χ4n) is 2.05. The average molecular weight is 320 g/mol. The number of halogens is 1. The first-order valence-corrected chi connectivity index (χ1v) is 5.75. The molecule has 2 heterocycles. The Balaban J connectivity index is 0.00000133. The summed E-state index contributed by atoms with van der Waals surface area (Å²) in [4.78, 5) is 11.5. The quantitative estimate of drug-likeness (QED) is 0.760. The van der Waals surface area contributed by atoms with Crippen molar-refractivity contribution in [2.24, 2.45) is 0 Å². The molecule has 98 valence electrons. The zero-order chi connectivity index (χ0) is 12.5. The van der Waals surface area contributed by atoms with Gasteiger partial charge in [-0.25, -0.2) is 9.97 Å². The predicted octanol–water partition coefficient (Wildman–Crippen LogP) is 2.17. The lowest BCUT2D eigenvalue weighted by molar-refractivity contribution is 0.743. The van der Waals surface area contributed by atoms with E-state index in [-0.39, 0.29) is 22.5 Å². The van der Waals surface area contributed by atoms with E-state index in [0.717, 1.165) is 11.5 Å². The maximum Gasteiger partial charge on any atom is 0.174 e. The lowest BCUT2D eigenvalue weighted by atomic mass is 10.2. The normalized spacial score (nSPS) is 10.4. The summed E-state index contributed by atoms with van der Waals surface area (Å²) in [5.41, 5.74) is 2.88. The van der Waals surface area contributed by atoms with E-state index in [4.69, 9.17) is 5.41 Å². The van der Waals surface area contributed by atoms with Crippen LogP contribution in [0, 0.1) is 12.3 Å². The predicted molar refractivity (Wildman–Crippen MR) is 78.3 cm³/mol. The second kappa shape index (κ2) is 5.36. The Morgan fingerprint density at radius 3 is 2.74 bits per heavy atom. The molecule has 5 nitrogen and oxygen atoms in total. The highest BCUT2D eigenvalue weighted by atomic mass is 79.9. The molecule has 0 saturated carbocycles. The third kappa shape index (κ3) is 2.44. The topological polar surface area (TPSA) is 70.3 Å². The molecule has 0 bridgehead atoms. The molecular formula is C13H14BrN5. The highest BCUT2D eigenvalue weighted by Gasteiger charge is 2.08. The Hall–Kier alpha value is -1.95. The number of benzene rings is 1. The first kappa shape index (κ1) is 13.5. The third-order valence-corrected chi connectivity index (χ3v) is 2.96. The molecule has 0 aliphatic rings. The van der Waals surface area contributed by atoms with E-state index < -0.39 is 0 Å². The summed E-state index contributed by atoms with van der Waals surface area (Å²) < 4.78 is 2.01. The van der Waals surface area contributed by atoms with Crippen molar-refractivity contribution < 1.29 is 0 Å². The number of fused-ring (bicyclic) bond motifs is 1. The van der Waals surface area contributed by atoms with Gasteiger partial charge in [-0.2, -0.15) is 0 Å². The molecule has 0 radical (unpaired) electrons. The molecule has 0 unspecified atom stereocenters. The monoisotopic (exact) mass is 319 g/mol. The van der Waals surface area contributed by atoms with Crippen LogP contribution in [0.2, 0.25) is 0 Å². The molecule has 6 heteroatoms. The molecule has 0 fully saturated rings. The number of hydrogen-bond acceptors (Lipinski definition) is 3. The number of nitrogens with one attached hydrogen (secondary N) is 2. The van der Waals surface area contributed by atoms with Crippen LogP contribution in [0.4, 0.5) is 0 Å². The molecule has 2 aromatic heterocycles. The Kier molecular flexibility index (Phi) is 3.80. The van der Waals surface area contributed by atoms with E-state index in [1.807, 2.05) is 29.7 Å². The van der Waals surface area contributed by atoms with Gasteiger partial charge in [-0.3, -0.25) is 5.41 Å². The Labute approximate surface area is 120 Å². The van der Waals surface area contributed by atoms with Gasteiger partial charge in [-0.1, -0.05) is 30.3 Å². The SMILES string of the molecule is Br.Cc1nc(=N)c2[nH]cnc2n1Cc1ccccc1. The zero-order valence-corrected chi connectivity index (χ0v) is 12.1. The summed E-state index contributed by atoms with van der Waals surface area (Å²) >= 11 is 0. The number of aromatic nitrogens is 4. The lowest BCUT2D eigenvalue weighted by Gasteiger charge is -2.10. The van der Waals surface area contributed by atoms with Crippen molar-refractivity contribution in [1.82, 2.24) is 19.5 Å². The van der Waals surface area contributed by atoms with Crippen LogP contribution in [0.1, 0.15) is 11.4 Å². The van der Waals surface area contributed by atoms with Gasteiger partial charge in [0.25, 0.3) is 0 Å². The van der Waals surface area contributed by atoms with Crippen LogP contribution < -0.4 is 5.49 Å². The highest BCUT2D eigenvalue weighted by molar-refractivity contribution is 8.93. The summed E-state index contributed by atoms with van der Waals surface area (Å²) in [6.45, 7) is 2.61. The number of rotatable bonds is 2. The minimum absolute atomic E-state index is 0. The minimum atomic E-state index is 0. The van der Waals surface area contributed by atoms with E-state index in [1.54, 1.807) is 6.33 Å². The number of aromatic amines is 1. The van der Waals surface area contributed by atoms with Crippen molar-refractivity contribution >= 4 is 28.1 Å². The molecule has 2 N–H and O–H groups in total. The Morgan fingerprint density at radius 1 is 1.26 bits per heavy atom. The Bertz CT molecular complexity index is 745. The number of nitrogens with zero attached hydrogens (tertiary/aromatic N) is 3. The van der Waals surface area contributed by atoms with E-state index in [1.165, 1.54) is 5.56 Å². The number of hydrogen-bond donors (Lipinski definition) is 2. The van der Waals surface area contributed by atoms with Crippen molar-refractivity contribution in [2.45, 2.75) is 13.5 Å². The second-order valence-corrected chi connectivity index (χ2v) is 4.18. The van der Waals surface area contributed by atoms with Gasteiger partial charge < -0.3 is 9.55 Å². The summed E-state index contributed by atoms with van der Waals surface area (Å²) in [5.74, 6) is 0.795. The van der Waals surface area contributed by atoms with Crippen molar-refractivity contribution in [3.05, 3.63) is 53.5 Å². The maximum atomic E-state index is 7.80. The van der Waals surface area contributed by atoms with Gasteiger partial charge in [-0.15, -0.1) is 17.0 Å². The smallest absolute Gasteiger partial charge is 0.174 e. The van der Waals surface area contributed by atoms with E-state index in [0.29, 0.717) is 12.1 Å². The highest BCUT2D eigenvalue weighted by Crippen LogP contribution is 2.10. The van der Waals surface area contributed by atoms with E-state index in [2.05, 4.69) is 27.1 Å². The zero-order valence-electron chi connectivity index (χ0n) is 10.4. The minimum Gasteiger partial charge on any atom is -0.340 e. The van der Waals surface area contributed by atoms with Crippen molar-refractivity contribution in [3.8, 4) is 0 Å². The molecule has 0 saturated heterocycles. The maximum absolute atomic E-state index is 7.80. The number of H-pyrrole nitrogens is 1. The van der Waals surface area contributed by atoms with Gasteiger partial charge in [-0.05, 0) is 12.5 Å². The van der Waals surface area contributed by atoms with Crippen LogP contribution in [0.25, 0.3) is 11.2 Å². The molecular weight excluding hydrogens is 306 g/mol. The molecule has 19 heavy (non-hydrogen) atoms. The molecule has 0 aliphatic heterocycles. The third-order valence-electron chi connectivity index (χ3n) is 2.96. The largest absolute Gasteiger partial charge is 0.340 e. The van der Waals surface area contributed by atoms with Gasteiger partial charge in [0.1, 0.15) is 11.3 Å². The molecule has 0 atom stereocenters. The fourth-order valence-corrected chi connectivity index (χ4v) is 2.05. The molecule has 3 rings (SSSR count). The first-order valence-electron chi connectivity index (χ1n) is 5.75.